The molecule has 1 N–H and O–H groups in total. The van der Waals surface area contributed by atoms with Gasteiger partial charge in [-0.15, -0.1) is 0 Å². The van der Waals surface area contributed by atoms with Gasteiger partial charge in [0.15, 0.2) is 0 Å². The third kappa shape index (κ3) is 4.35. The number of ether oxygens (including phenoxy) is 1. The van der Waals surface area contributed by atoms with Crippen molar-refractivity contribution in [1.29, 1.82) is 0 Å². The van der Waals surface area contributed by atoms with Gasteiger partial charge < -0.3 is 10.1 Å². The first kappa shape index (κ1) is 15.6. The highest BCUT2D eigenvalue weighted by Crippen LogP contribution is 2.30. The van der Waals surface area contributed by atoms with Crippen LogP contribution in [0.3, 0.4) is 0 Å². The molecule has 2 rings (SSSR count). The van der Waals surface area contributed by atoms with Crippen LogP contribution in [0.5, 0.6) is 5.75 Å². The van der Waals surface area contributed by atoms with Crippen molar-refractivity contribution in [2.45, 2.75) is 51.7 Å². The zero-order chi connectivity index (χ0) is 14.4. The van der Waals surface area contributed by atoms with Gasteiger partial charge in [0.25, 0.3) is 0 Å². The summed E-state index contributed by atoms with van der Waals surface area (Å²) >= 11 is 3.56. The van der Waals surface area contributed by atoms with Crippen LogP contribution in [0.4, 0.5) is 0 Å². The molecule has 1 aromatic rings. The lowest BCUT2D eigenvalue weighted by molar-refractivity contribution is 0.226. The smallest absolute Gasteiger partial charge is 0.125 e. The fraction of sp³-hybridized carbons (Fsp3) is 0.529. The Kier molecular flexibility index (Phi) is 6.11. The quantitative estimate of drug-likeness (QED) is 0.737. The fourth-order valence-electron chi connectivity index (χ4n) is 2.48. The van der Waals surface area contributed by atoms with Gasteiger partial charge in [0.2, 0.25) is 0 Å². The minimum absolute atomic E-state index is 0.224. The molecule has 0 saturated heterocycles. The predicted molar refractivity (Wildman–Crippen MR) is 88.3 cm³/mol. The van der Waals surface area contributed by atoms with E-state index in [1.54, 1.807) is 0 Å². The van der Waals surface area contributed by atoms with E-state index in [-0.39, 0.29) is 6.10 Å². The molecule has 0 saturated carbocycles. The molecule has 20 heavy (non-hydrogen) atoms. The highest BCUT2D eigenvalue weighted by molar-refractivity contribution is 9.10. The second-order valence-electron chi connectivity index (χ2n) is 5.37. The molecule has 0 radical (unpaired) electrons. The maximum atomic E-state index is 6.19. The minimum atomic E-state index is 0.224. The molecule has 110 valence electrons. The summed E-state index contributed by atoms with van der Waals surface area (Å²) in [6.45, 7) is 5.41. The van der Waals surface area contributed by atoms with E-state index in [2.05, 4.69) is 65.4 Å². The monoisotopic (exact) mass is 337 g/mol. The lowest BCUT2D eigenvalue weighted by Gasteiger charge is -2.23. The Morgan fingerprint density at radius 3 is 3.00 bits per heavy atom. The number of allylic oxidation sites excluding steroid dienone is 1. The van der Waals surface area contributed by atoms with Gasteiger partial charge in [-0.25, -0.2) is 0 Å². The Bertz CT molecular complexity index is 458. The third-order valence-corrected chi connectivity index (χ3v) is 4.12. The maximum Gasteiger partial charge on any atom is 0.125 e. The number of nitrogens with one attached hydrogen (secondary N) is 1. The Hall–Kier alpha value is -0.800. The number of benzene rings is 1. The van der Waals surface area contributed by atoms with Gasteiger partial charge in [-0.1, -0.05) is 28.9 Å². The first-order chi connectivity index (χ1) is 9.70. The molecule has 1 aliphatic carbocycles. The topological polar surface area (TPSA) is 21.3 Å². The fourth-order valence-corrected chi connectivity index (χ4v) is 2.86. The Morgan fingerprint density at radius 1 is 1.45 bits per heavy atom. The zero-order valence-electron chi connectivity index (χ0n) is 12.4. The Labute approximate surface area is 130 Å². The summed E-state index contributed by atoms with van der Waals surface area (Å²) in [4.78, 5) is 0. The molecule has 0 fully saturated rings. The van der Waals surface area contributed by atoms with E-state index in [4.69, 9.17) is 4.74 Å². The van der Waals surface area contributed by atoms with Crippen molar-refractivity contribution >= 4 is 15.9 Å². The van der Waals surface area contributed by atoms with Crippen molar-refractivity contribution < 1.29 is 4.74 Å². The van der Waals surface area contributed by atoms with Gasteiger partial charge in [-0.3, -0.25) is 0 Å². The number of hydrogen-bond acceptors (Lipinski definition) is 2. The average Bonchev–Trinajstić information content (AvgIpc) is 2.47. The van der Waals surface area contributed by atoms with Crippen LogP contribution in [-0.4, -0.2) is 12.6 Å². The molecule has 1 aliphatic rings. The van der Waals surface area contributed by atoms with Crippen LogP contribution >= 0.6 is 15.9 Å². The largest absolute Gasteiger partial charge is 0.486 e. The Balaban J connectivity index is 2.14. The van der Waals surface area contributed by atoms with Crippen LogP contribution in [0, 0.1) is 0 Å². The van der Waals surface area contributed by atoms with Crippen molar-refractivity contribution in [3.05, 3.63) is 40.4 Å². The summed E-state index contributed by atoms with van der Waals surface area (Å²) in [5, 5.41) is 3.53. The lowest BCUT2D eigenvalue weighted by atomic mass is 10.0. The summed E-state index contributed by atoms with van der Waals surface area (Å²) in [6, 6.07) is 6.59. The summed E-state index contributed by atoms with van der Waals surface area (Å²) in [5.41, 5.74) is 1.23. The van der Waals surface area contributed by atoms with E-state index in [1.807, 2.05) is 0 Å². The van der Waals surface area contributed by atoms with Crippen LogP contribution in [0.1, 0.15) is 51.1 Å². The molecule has 0 amide bonds. The van der Waals surface area contributed by atoms with Gasteiger partial charge >= 0.3 is 0 Å². The number of rotatable bonds is 6. The molecule has 3 heteroatoms. The zero-order valence-corrected chi connectivity index (χ0v) is 13.9. The molecule has 0 bridgehead atoms. The summed E-state index contributed by atoms with van der Waals surface area (Å²) in [6.07, 6.45) is 9.30. The van der Waals surface area contributed by atoms with Crippen molar-refractivity contribution in [3.8, 4) is 5.75 Å². The van der Waals surface area contributed by atoms with Crippen LogP contribution in [0.2, 0.25) is 0 Å². The lowest BCUT2D eigenvalue weighted by Crippen LogP contribution is -2.22. The third-order valence-electron chi connectivity index (χ3n) is 3.63. The average molecular weight is 338 g/mol. The van der Waals surface area contributed by atoms with Gasteiger partial charge in [0.1, 0.15) is 11.9 Å². The van der Waals surface area contributed by atoms with Crippen molar-refractivity contribution in [1.82, 2.24) is 5.32 Å². The van der Waals surface area contributed by atoms with Crippen molar-refractivity contribution in [2.75, 3.05) is 6.54 Å². The summed E-state index contributed by atoms with van der Waals surface area (Å²) < 4.78 is 7.30. The van der Waals surface area contributed by atoms with Crippen LogP contribution in [0.25, 0.3) is 0 Å². The van der Waals surface area contributed by atoms with E-state index < -0.39 is 0 Å². The van der Waals surface area contributed by atoms with Crippen molar-refractivity contribution in [2.24, 2.45) is 0 Å². The Morgan fingerprint density at radius 2 is 2.30 bits per heavy atom. The summed E-state index contributed by atoms with van der Waals surface area (Å²) in [5.74, 6) is 1.00. The van der Waals surface area contributed by atoms with Crippen LogP contribution in [0.15, 0.2) is 34.8 Å². The van der Waals surface area contributed by atoms with Crippen LogP contribution in [-0.2, 0) is 0 Å². The van der Waals surface area contributed by atoms with E-state index in [1.165, 1.54) is 18.4 Å². The SMILES string of the molecule is CCCNC(C)c1cc(Br)ccc1OC1C=CCCC1. The molecule has 0 aromatic heterocycles. The normalized spacial score (nSPS) is 19.9. The highest BCUT2D eigenvalue weighted by Gasteiger charge is 2.16. The molecule has 2 nitrogen and oxygen atoms in total. The van der Waals surface area contributed by atoms with Crippen LogP contribution < -0.4 is 10.1 Å². The van der Waals surface area contributed by atoms with Gasteiger partial charge in [-0.2, -0.15) is 0 Å². The molecule has 0 aliphatic heterocycles. The first-order valence-electron chi connectivity index (χ1n) is 7.57. The minimum Gasteiger partial charge on any atom is -0.486 e. The highest BCUT2D eigenvalue weighted by atomic mass is 79.9. The second kappa shape index (κ2) is 7.84. The molecule has 2 unspecified atom stereocenters. The molecule has 1 aromatic carbocycles. The van der Waals surface area contributed by atoms with Gasteiger partial charge in [-0.05, 0) is 63.4 Å². The predicted octanol–water partition coefficient (Wildman–Crippen LogP) is 5.00. The van der Waals surface area contributed by atoms with E-state index >= 15 is 0 Å². The first-order valence-corrected chi connectivity index (χ1v) is 8.36. The standard InChI is InChI=1S/C17H24BrNO/c1-3-11-19-13(2)16-12-14(18)9-10-17(16)20-15-7-5-4-6-8-15/h5,7,9-10,12-13,15,19H,3-4,6,8,11H2,1-2H3. The summed E-state index contributed by atoms with van der Waals surface area (Å²) in [7, 11) is 0. The van der Waals surface area contributed by atoms with Gasteiger partial charge in [0, 0.05) is 16.1 Å². The molecule has 2 atom stereocenters. The molecule has 0 spiro atoms. The van der Waals surface area contributed by atoms with E-state index in [0.29, 0.717) is 6.04 Å². The van der Waals surface area contributed by atoms with Crippen molar-refractivity contribution in [3.63, 3.8) is 0 Å². The second-order valence-corrected chi connectivity index (χ2v) is 6.29. The molecular formula is C17H24BrNO. The number of hydrogen-bond donors (Lipinski definition) is 1. The van der Waals surface area contributed by atoms with E-state index in [9.17, 15) is 0 Å². The van der Waals surface area contributed by atoms with E-state index in [0.717, 1.165) is 29.6 Å². The van der Waals surface area contributed by atoms with Gasteiger partial charge in [0.05, 0.1) is 0 Å². The number of halogens is 1. The molecule has 0 heterocycles. The molecular weight excluding hydrogens is 314 g/mol. The maximum absolute atomic E-state index is 6.19.